The van der Waals surface area contributed by atoms with Gasteiger partial charge in [0.25, 0.3) is 0 Å². The van der Waals surface area contributed by atoms with Gasteiger partial charge in [-0.3, -0.25) is 14.4 Å². The fourth-order valence-electron chi connectivity index (χ4n) is 8.20. The first-order valence-electron chi connectivity index (χ1n) is 11.9. The Hall–Kier alpha value is -1.75. The lowest BCUT2D eigenvalue weighted by molar-refractivity contribution is -0.134. The van der Waals surface area contributed by atoms with E-state index in [0.29, 0.717) is 36.5 Å². The van der Waals surface area contributed by atoms with Gasteiger partial charge in [-0.05, 0) is 85.7 Å². The number of Topliss-reactive ketones (excluding diaryl/α,β-unsaturated/α-hetero) is 3. The summed E-state index contributed by atoms with van der Waals surface area (Å²) in [6, 6.07) is 0. The molecule has 31 heavy (non-hydrogen) atoms. The van der Waals surface area contributed by atoms with E-state index in [1.807, 2.05) is 13.0 Å². The molecule has 0 aromatic heterocycles. The molecule has 1 spiro atoms. The van der Waals surface area contributed by atoms with Crippen LogP contribution >= 0.6 is 0 Å². The fourth-order valence-corrected chi connectivity index (χ4v) is 8.20. The maximum atomic E-state index is 12.9. The lowest BCUT2D eigenvalue weighted by Crippen LogP contribution is -2.51. The molecule has 5 nitrogen and oxygen atoms in total. The summed E-state index contributed by atoms with van der Waals surface area (Å²) in [6.07, 6.45) is 9.97. The lowest BCUT2D eigenvalue weighted by Gasteiger charge is -2.57. The van der Waals surface area contributed by atoms with E-state index < -0.39 is 5.41 Å². The van der Waals surface area contributed by atoms with Crippen LogP contribution in [0.4, 0.5) is 0 Å². The number of methoxy groups -OCH3 is 1. The number of carbonyl (C=O) groups is 3. The minimum Gasteiger partial charge on any atom is -0.500 e. The smallest absolute Gasteiger partial charge is 0.221 e. The Bertz CT molecular complexity index is 899. The Balaban J connectivity index is 1.46. The van der Waals surface area contributed by atoms with Crippen LogP contribution in [0.5, 0.6) is 0 Å². The molecule has 5 aliphatic rings. The Kier molecular flexibility index (Phi) is 4.68. The number of ether oxygens (including phenoxy) is 2. The van der Waals surface area contributed by atoms with Crippen LogP contribution in [-0.4, -0.2) is 37.7 Å². The van der Waals surface area contributed by atoms with Gasteiger partial charge in [0.1, 0.15) is 12.4 Å². The molecule has 168 valence electrons. The van der Waals surface area contributed by atoms with Gasteiger partial charge in [-0.25, -0.2) is 0 Å². The molecule has 0 radical (unpaired) electrons. The Labute approximate surface area is 184 Å². The summed E-state index contributed by atoms with van der Waals surface area (Å²) >= 11 is 0. The summed E-state index contributed by atoms with van der Waals surface area (Å²) in [5.74, 6) is 1.75. The lowest BCUT2D eigenvalue weighted by atomic mass is 9.47. The highest BCUT2D eigenvalue weighted by Gasteiger charge is 2.73. The van der Waals surface area contributed by atoms with Crippen LogP contribution in [0.25, 0.3) is 0 Å². The molecule has 5 heteroatoms. The molecule has 3 saturated carbocycles. The quantitative estimate of drug-likeness (QED) is 0.490. The number of fused-ring (bicyclic) bond motifs is 5. The van der Waals surface area contributed by atoms with Crippen molar-refractivity contribution in [3.8, 4) is 0 Å². The second-order valence-corrected chi connectivity index (χ2v) is 10.9. The van der Waals surface area contributed by atoms with Crippen LogP contribution in [0.3, 0.4) is 0 Å². The van der Waals surface area contributed by atoms with E-state index in [4.69, 9.17) is 9.47 Å². The third-order valence-corrected chi connectivity index (χ3v) is 9.84. The molecular weight excluding hydrogens is 392 g/mol. The maximum absolute atomic E-state index is 12.9. The van der Waals surface area contributed by atoms with Crippen molar-refractivity contribution in [3.63, 3.8) is 0 Å². The Morgan fingerprint density at radius 3 is 2.52 bits per heavy atom. The second-order valence-electron chi connectivity index (χ2n) is 10.9. The van der Waals surface area contributed by atoms with Crippen molar-refractivity contribution in [1.29, 1.82) is 0 Å². The molecule has 0 unspecified atom stereocenters. The molecule has 6 atom stereocenters. The molecule has 0 aliphatic heterocycles. The number of hydrogen-bond acceptors (Lipinski definition) is 5. The zero-order valence-electron chi connectivity index (χ0n) is 19.2. The highest BCUT2D eigenvalue weighted by atomic mass is 16.5. The molecule has 3 fully saturated rings. The van der Waals surface area contributed by atoms with Gasteiger partial charge >= 0.3 is 0 Å². The topological polar surface area (TPSA) is 69.7 Å². The van der Waals surface area contributed by atoms with Crippen LogP contribution in [-0.2, 0) is 23.9 Å². The average Bonchev–Trinajstić information content (AvgIpc) is 3.09. The van der Waals surface area contributed by atoms with Gasteiger partial charge in [-0.1, -0.05) is 19.9 Å². The van der Waals surface area contributed by atoms with Crippen LogP contribution in [0, 0.1) is 39.9 Å². The first-order valence-corrected chi connectivity index (χ1v) is 11.9. The van der Waals surface area contributed by atoms with Crippen LogP contribution in [0.15, 0.2) is 23.5 Å². The second kappa shape index (κ2) is 6.87. The van der Waals surface area contributed by atoms with E-state index >= 15 is 0 Å². The molecular formula is C26H34O5. The van der Waals surface area contributed by atoms with E-state index in [2.05, 4.69) is 19.9 Å². The van der Waals surface area contributed by atoms with Crippen molar-refractivity contribution in [1.82, 2.24) is 0 Å². The molecule has 5 aliphatic carbocycles. The van der Waals surface area contributed by atoms with E-state index in [0.717, 1.165) is 32.1 Å². The van der Waals surface area contributed by atoms with Gasteiger partial charge in [0, 0.05) is 12.5 Å². The first-order chi connectivity index (χ1) is 14.7. The zero-order valence-corrected chi connectivity index (χ0v) is 19.2. The van der Waals surface area contributed by atoms with Crippen molar-refractivity contribution < 1.29 is 23.9 Å². The maximum Gasteiger partial charge on any atom is 0.221 e. The van der Waals surface area contributed by atoms with Gasteiger partial charge in [-0.15, -0.1) is 0 Å². The predicted molar refractivity (Wildman–Crippen MR) is 115 cm³/mol. The number of carbonyl (C=O) groups excluding carboxylic acids is 3. The third kappa shape index (κ3) is 2.62. The number of allylic oxidation sites excluding steroid dienone is 4. The molecule has 0 amide bonds. The number of ketones is 3. The van der Waals surface area contributed by atoms with E-state index in [-0.39, 0.29) is 40.7 Å². The van der Waals surface area contributed by atoms with E-state index in [1.54, 1.807) is 7.11 Å². The SMILES string of the molecule is CCOCC(=O)[C@H]1CC[C@H]2[C@@H]3CC=C4C=C(OC)C5(C[C@]4(C)[C@H]3CC[C@]12C)C(=O)C5=O. The minimum absolute atomic E-state index is 0.0299. The molecule has 0 N–H and O–H groups in total. The Morgan fingerprint density at radius 1 is 1.13 bits per heavy atom. The molecule has 5 rings (SSSR count). The van der Waals surface area contributed by atoms with Crippen molar-refractivity contribution in [3.05, 3.63) is 23.5 Å². The summed E-state index contributed by atoms with van der Waals surface area (Å²) in [6.45, 7) is 7.33. The van der Waals surface area contributed by atoms with Gasteiger partial charge in [-0.2, -0.15) is 0 Å². The summed E-state index contributed by atoms with van der Waals surface area (Å²) in [5.41, 5.74) is 0.0352. The van der Waals surface area contributed by atoms with Crippen molar-refractivity contribution >= 4 is 17.3 Å². The first kappa shape index (κ1) is 21.1. The van der Waals surface area contributed by atoms with Gasteiger partial charge in [0.05, 0.1) is 7.11 Å². The average molecular weight is 427 g/mol. The zero-order chi connectivity index (χ0) is 22.2. The van der Waals surface area contributed by atoms with Crippen molar-refractivity contribution in [2.75, 3.05) is 20.3 Å². The monoisotopic (exact) mass is 426 g/mol. The number of rotatable bonds is 5. The predicted octanol–water partition coefficient (Wildman–Crippen LogP) is 4.06. The highest BCUT2D eigenvalue weighted by molar-refractivity contribution is 6.64. The van der Waals surface area contributed by atoms with Crippen LogP contribution < -0.4 is 0 Å². The normalized spacial score (nSPS) is 42.3. The molecule has 0 heterocycles. The van der Waals surface area contributed by atoms with E-state index in [1.165, 1.54) is 5.57 Å². The number of hydrogen-bond donors (Lipinski definition) is 0. The van der Waals surface area contributed by atoms with Crippen molar-refractivity contribution in [2.24, 2.45) is 39.9 Å². The van der Waals surface area contributed by atoms with Gasteiger partial charge < -0.3 is 9.47 Å². The highest BCUT2D eigenvalue weighted by Crippen LogP contribution is 2.69. The van der Waals surface area contributed by atoms with Gasteiger partial charge in [0.15, 0.2) is 11.2 Å². The van der Waals surface area contributed by atoms with Crippen molar-refractivity contribution in [2.45, 2.75) is 59.3 Å². The third-order valence-electron chi connectivity index (χ3n) is 9.84. The summed E-state index contributed by atoms with van der Waals surface area (Å²) in [5, 5.41) is 0. The van der Waals surface area contributed by atoms with Crippen LogP contribution in [0.2, 0.25) is 0 Å². The molecule has 0 aromatic carbocycles. The summed E-state index contributed by atoms with van der Waals surface area (Å²) in [7, 11) is 1.56. The standard InChI is InChI=1S/C26H34O5/c1-5-31-13-20(27)19-9-8-17-16-7-6-15-12-21(30-4)26(22(28)23(26)29)14-25(15,3)18(16)10-11-24(17,19)2/h6,12,16-19H,5,7-11,13-14H2,1-4H3/t16-,17-,18-,19+,24-,25-/m0/s1. The van der Waals surface area contributed by atoms with Crippen LogP contribution in [0.1, 0.15) is 59.3 Å². The van der Waals surface area contributed by atoms with E-state index in [9.17, 15) is 14.4 Å². The molecule has 0 bridgehead atoms. The summed E-state index contributed by atoms with van der Waals surface area (Å²) in [4.78, 5) is 37.8. The minimum atomic E-state index is -1.03. The fraction of sp³-hybridized carbons (Fsp3) is 0.731. The largest absolute Gasteiger partial charge is 0.500 e. The molecule has 0 aromatic rings. The Morgan fingerprint density at radius 2 is 1.87 bits per heavy atom. The molecule has 0 saturated heterocycles. The summed E-state index contributed by atoms with van der Waals surface area (Å²) < 4.78 is 11.0. The van der Waals surface area contributed by atoms with Gasteiger partial charge in [0.2, 0.25) is 11.6 Å².